The number of carbonyl (C=O) groups excluding carboxylic acids is 1. The Labute approximate surface area is 189 Å². The number of hydrogen-bond acceptors (Lipinski definition) is 7. The van der Waals surface area contributed by atoms with Crippen molar-refractivity contribution in [1.29, 1.82) is 0 Å². The second-order valence-corrected chi connectivity index (χ2v) is 8.55. The summed E-state index contributed by atoms with van der Waals surface area (Å²) >= 11 is 1.38. The Hall–Kier alpha value is -3.12. The highest BCUT2D eigenvalue weighted by Gasteiger charge is 2.34. The van der Waals surface area contributed by atoms with Gasteiger partial charge >= 0.3 is 6.18 Å². The lowest BCUT2D eigenvalue weighted by molar-refractivity contribution is -0.145. The van der Waals surface area contributed by atoms with E-state index in [2.05, 4.69) is 20.3 Å². The second-order valence-electron chi connectivity index (χ2n) is 7.31. The third-order valence-corrected chi connectivity index (χ3v) is 5.71. The molecule has 1 aromatic carbocycles. The fourth-order valence-electron chi connectivity index (χ4n) is 3.12. The highest BCUT2D eigenvalue weighted by atomic mass is 32.1. The Kier molecular flexibility index (Phi) is 6.56. The lowest BCUT2D eigenvalue weighted by atomic mass is 10.1. The average molecular weight is 482 g/mol. The number of benzene rings is 1. The molecule has 0 spiro atoms. The summed E-state index contributed by atoms with van der Waals surface area (Å²) in [6.45, 7) is 2.50. The molecule has 3 aromatic rings. The SMILES string of the molecule is Cc1cnc(-c2cc(OC3CCOC3)c(F)c(C(=O)NCc3cnc(C(F)(F)F)nc3)c2)s1. The third kappa shape index (κ3) is 5.45. The van der Waals surface area contributed by atoms with Gasteiger partial charge in [-0.2, -0.15) is 13.2 Å². The molecule has 1 atom stereocenters. The van der Waals surface area contributed by atoms with Gasteiger partial charge in [-0.3, -0.25) is 4.79 Å². The zero-order chi connectivity index (χ0) is 23.6. The van der Waals surface area contributed by atoms with Crippen molar-refractivity contribution in [1.82, 2.24) is 20.3 Å². The standard InChI is InChI=1S/C21H18F4N4O3S/c1-11-6-27-19(33-11)13-4-15(17(22)16(5-13)32-14-2-3-31-10-14)18(30)26-7-12-8-28-20(29-9-12)21(23,24)25/h4-6,8-9,14H,2-3,7,10H2,1H3,(H,26,30). The van der Waals surface area contributed by atoms with Crippen LogP contribution >= 0.6 is 11.3 Å². The van der Waals surface area contributed by atoms with Crippen LogP contribution in [-0.2, 0) is 17.5 Å². The van der Waals surface area contributed by atoms with Crippen LogP contribution in [0, 0.1) is 12.7 Å². The van der Waals surface area contributed by atoms with Crippen LogP contribution in [0.5, 0.6) is 5.75 Å². The number of carbonyl (C=O) groups is 1. The monoisotopic (exact) mass is 482 g/mol. The van der Waals surface area contributed by atoms with E-state index in [1.165, 1.54) is 23.5 Å². The lowest BCUT2D eigenvalue weighted by Gasteiger charge is -2.16. The van der Waals surface area contributed by atoms with Crippen LogP contribution in [0.25, 0.3) is 10.6 Å². The Morgan fingerprint density at radius 1 is 1.24 bits per heavy atom. The van der Waals surface area contributed by atoms with Gasteiger partial charge in [0.15, 0.2) is 11.6 Å². The van der Waals surface area contributed by atoms with Crippen LogP contribution < -0.4 is 10.1 Å². The summed E-state index contributed by atoms with van der Waals surface area (Å²) in [4.78, 5) is 24.5. The summed E-state index contributed by atoms with van der Waals surface area (Å²) in [7, 11) is 0. The first-order valence-electron chi connectivity index (χ1n) is 9.88. The third-order valence-electron chi connectivity index (χ3n) is 4.75. The number of nitrogens with one attached hydrogen (secondary N) is 1. The smallest absolute Gasteiger partial charge is 0.451 e. The number of thiazole rings is 1. The van der Waals surface area contributed by atoms with E-state index < -0.39 is 23.7 Å². The summed E-state index contributed by atoms with van der Waals surface area (Å²) in [6.07, 6.45) is -0.839. The maximum absolute atomic E-state index is 15.2. The first kappa shape index (κ1) is 23.1. The fraction of sp³-hybridized carbons (Fsp3) is 0.333. The zero-order valence-electron chi connectivity index (χ0n) is 17.3. The molecule has 1 fully saturated rings. The largest absolute Gasteiger partial charge is 0.485 e. The molecule has 0 saturated carbocycles. The van der Waals surface area contributed by atoms with Crippen LogP contribution in [-0.4, -0.2) is 40.2 Å². The lowest BCUT2D eigenvalue weighted by Crippen LogP contribution is -2.25. The highest BCUT2D eigenvalue weighted by Crippen LogP contribution is 2.33. The quantitative estimate of drug-likeness (QED) is 0.531. The summed E-state index contributed by atoms with van der Waals surface area (Å²) in [5.74, 6) is -3.00. The molecule has 0 bridgehead atoms. The molecular weight excluding hydrogens is 464 g/mol. The summed E-state index contributed by atoms with van der Waals surface area (Å²) in [5.41, 5.74) is 0.455. The molecule has 12 heteroatoms. The number of hydrogen-bond donors (Lipinski definition) is 1. The Morgan fingerprint density at radius 2 is 2.00 bits per heavy atom. The predicted octanol–water partition coefficient (Wildman–Crippen LogP) is 4.16. The molecule has 0 radical (unpaired) electrons. The molecule has 1 N–H and O–H groups in total. The van der Waals surface area contributed by atoms with Crippen LogP contribution in [0.4, 0.5) is 17.6 Å². The Morgan fingerprint density at radius 3 is 2.61 bits per heavy atom. The summed E-state index contributed by atoms with van der Waals surface area (Å²) in [6, 6.07) is 2.86. The van der Waals surface area contributed by atoms with Crippen LogP contribution in [0.1, 0.15) is 33.0 Å². The molecule has 1 aliphatic heterocycles. The number of rotatable bonds is 6. The zero-order valence-corrected chi connectivity index (χ0v) is 18.1. The van der Waals surface area contributed by atoms with E-state index >= 15 is 4.39 Å². The van der Waals surface area contributed by atoms with Crippen molar-refractivity contribution < 1.29 is 31.8 Å². The number of ether oxygens (including phenoxy) is 2. The maximum Gasteiger partial charge on any atom is 0.451 e. The Balaban J connectivity index is 1.57. The normalized spacial score (nSPS) is 16.1. The van der Waals surface area contributed by atoms with Gasteiger partial charge in [0, 0.05) is 47.6 Å². The fourth-order valence-corrected chi connectivity index (χ4v) is 3.87. The van der Waals surface area contributed by atoms with E-state index in [9.17, 15) is 18.0 Å². The second kappa shape index (κ2) is 9.40. The molecule has 174 valence electrons. The number of halogens is 4. The minimum Gasteiger partial charge on any atom is -0.485 e. The first-order valence-corrected chi connectivity index (χ1v) is 10.7. The van der Waals surface area contributed by atoms with Crippen LogP contribution in [0.2, 0.25) is 0 Å². The molecule has 2 aromatic heterocycles. The van der Waals surface area contributed by atoms with Gasteiger partial charge in [-0.25, -0.2) is 19.3 Å². The minimum absolute atomic E-state index is 0.0983. The molecule has 1 saturated heterocycles. The van der Waals surface area contributed by atoms with E-state index in [0.717, 1.165) is 17.3 Å². The maximum atomic E-state index is 15.2. The van der Waals surface area contributed by atoms with E-state index in [1.54, 1.807) is 6.20 Å². The molecule has 7 nitrogen and oxygen atoms in total. The highest BCUT2D eigenvalue weighted by molar-refractivity contribution is 7.14. The van der Waals surface area contributed by atoms with Gasteiger partial charge in [0.2, 0.25) is 5.82 Å². The number of nitrogens with zero attached hydrogens (tertiary/aromatic N) is 3. The molecule has 4 rings (SSSR count). The molecule has 1 aliphatic rings. The topological polar surface area (TPSA) is 86.2 Å². The van der Waals surface area contributed by atoms with Crippen LogP contribution in [0.15, 0.2) is 30.7 Å². The molecule has 33 heavy (non-hydrogen) atoms. The summed E-state index contributed by atoms with van der Waals surface area (Å²) < 4.78 is 64.0. The molecule has 1 amide bonds. The molecule has 1 unspecified atom stereocenters. The number of aryl methyl sites for hydroxylation is 1. The van der Waals surface area contributed by atoms with Gasteiger partial charge in [-0.05, 0) is 19.1 Å². The average Bonchev–Trinajstić information content (AvgIpc) is 3.45. The van der Waals surface area contributed by atoms with Gasteiger partial charge in [-0.15, -0.1) is 11.3 Å². The molecule has 3 heterocycles. The first-order chi connectivity index (χ1) is 15.7. The summed E-state index contributed by atoms with van der Waals surface area (Å²) in [5, 5.41) is 3.07. The van der Waals surface area contributed by atoms with Crippen molar-refractivity contribution in [2.24, 2.45) is 0 Å². The van der Waals surface area contributed by atoms with E-state index in [4.69, 9.17) is 9.47 Å². The van der Waals surface area contributed by atoms with Crippen molar-refractivity contribution >= 4 is 17.2 Å². The van der Waals surface area contributed by atoms with Crippen molar-refractivity contribution in [3.8, 4) is 16.3 Å². The number of alkyl halides is 3. The van der Waals surface area contributed by atoms with E-state index in [0.29, 0.717) is 30.2 Å². The number of aromatic nitrogens is 3. The molecule has 0 aliphatic carbocycles. The van der Waals surface area contributed by atoms with Crippen molar-refractivity contribution in [3.05, 3.63) is 58.4 Å². The Bertz CT molecular complexity index is 1150. The predicted molar refractivity (Wildman–Crippen MR) is 110 cm³/mol. The van der Waals surface area contributed by atoms with Crippen molar-refractivity contribution in [2.75, 3.05) is 13.2 Å². The van der Waals surface area contributed by atoms with Gasteiger partial charge in [-0.1, -0.05) is 0 Å². The van der Waals surface area contributed by atoms with Crippen molar-refractivity contribution in [3.63, 3.8) is 0 Å². The van der Waals surface area contributed by atoms with Gasteiger partial charge in [0.25, 0.3) is 5.91 Å². The van der Waals surface area contributed by atoms with Crippen LogP contribution in [0.3, 0.4) is 0 Å². The van der Waals surface area contributed by atoms with Gasteiger partial charge in [0.05, 0.1) is 18.8 Å². The van der Waals surface area contributed by atoms with Gasteiger partial charge < -0.3 is 14.8 Å². The van der Waals surface area contributed by atoms with E-state index in [-0.39, 0.29) is 29.5 Å². The van der Waals surface area contributed by atoms with Gasteiger partial charge in [0.1, 0.15) is 11.1 Å². The number of amides is 1. The van der Waals surface area contributed by atoms with Crippen molar-refractivity contribution in [2.45, 2.75) is 32.2 Å². The minimum atomic E-state index is -4.67. The molecular formula is C21H18F4N4O3S. The van der Waals surface area contributed by atoms with E-state index in [1.807, 2.05) is 6.92 Å².